The van der Waals surface area contributed by atoms with Crippen LogP contribution in [0.25, 0.3) is 0 Å². The van der Waals surface area contributed by atoms with E-state index in [0.717, 1.165) is 78.3 Å². The number of halogens is 6. The summed E-state index contributed by atoms with van der Waals surface area (Å²) < 4.78 is 139. The van der Waals surface area contributed by atoms with Crippen molar-refractivity contribution < 1.29 is 61.1 Å². The predicted molar refractivity (Wildman–Crippen MR) is 302 cm³/mol. The van der Waals surface area contributed by atoms with E-state index >= 15 is 0 Å². The summed E-state index contributed by atoms with van der Waals surface area (Å²) in [7, 11) is -13.4. The number of rotatable bonds is 20. The fourth-order valence-corrected chi connectivity index (χ4v) is 12.2. The van der Waals surface area contributed by atoms with Crippen LogP contribution in [0.4, 0.5) is 26.3 Å². The summed E-state index contributed by atoms with van der Waals surface area (Å²) in [6, 6.07) is 22.2. The van der Waals surface area contributed by atoms with Crippen molar-refractivity contribution in [3.05, 3.63) is 128 Å². The second kappa shape index (κ2) is 24.9. The Bertz CT molecular complexity index is 2850. The van der Waals surface area contributed by atoms with Crippen molar-refractivity contribution in [2.75, 3.05) is 0 Å². The van der Waals surface area contributed by atoms with Crippen LogP contribution in [0.3, 0.4) is 0 Å². The van der Waals surface area contributed by atoms with Crippen molar-refractivity contribution in [1.29, 1.82) is 0 Å². The van der Waals surface area contributed by atoms with Crippen LogP contribution in [0.1, 0.15) is 184 Å². The van der Waals surface area contributed by atoms with Crippen molar-refractivity contribution in [1.82, 2.24) is 0 Å². The second-order valence-corrected chi connectivity index (χ2v) is 32.3. The molecule has 2 atom stereocenters. The maximum absolute atomic E-state index is 12.9. The molecule has 0 bridgehead atoms. The van der Waals surface area contributed by atoms with Gasteiger partial charge < -0.3 is 17.9 Å². The number of aliphatic hydroxyl groups excluding tert-OH is 1. The molecule has 0 spiro atoms. The first kappa shape index (κ1) is 67.4. The second-order valence-electron chi connectivity index (χ2n) is 24.5. The maximum Gasteiger partial charge on any atom is 0.534 e. The number of aliphatic hydroxyl groups is 1. The molecular weight excluding hydrogens is 1050 g/mol. The molecule has 0 aromatic heterocycles. The van der Waals surface area contributed by atoms with E-state index in [-0.39, 0.29) is 33.5 Å². The van der Waals surface area contributed by atoms with Crippen LogP contribution >= 0.6 is 0 Å². The topological polar surface area (TPSA) is 116 Å². The largest absolute Gasteiger partial charge is 0.534 e. The Morgan fingerprint density at radius 3 is 1.06 bits per heavy atom. The Morgan fingerprint density at radius 1 is 0.494 bits per heavy atom. The average molecular weight is 1140 g/mol. The highest BCUT2D eigenvalue weighted by Crippen LogP contribution is 2.45. The predicted octanol–water partition coefficient (Wildman–Crippen LogP) is 17.0. The molecule has 8 nitrogen and oxygen atoms in total. The van der Waals surface area contributed by atoms with Gasteiger partial charge in [-0.05, 0) is 176 Å². The third kappa shape index (κ3) is 16.2. The van der Waals surface area contributed by atoms with Crippen LogP contribution < -0.4 is 8.37 Å². The first-order chi connectivity index (χ1) is 34.9. The van der Waals surface area contributed by atoms with Gasteiger partial charge in [0.1, 0.15) is 11.5 Å². The normalized spacial score (nSPS) is 14.4. The molecule has 434 valence electrons. The van der Waals surface area contributed by atoms with E-state index in [0.29, 0.717) is 17.5 Å². The number of aryl methyl sites for hydroxylation is 6. The number of hydrogen-bond acceptors (Lipinski definition) is 8. The van der Waals surface area contributed by atoms with Gasteiger partial charge in [0.2, 0.25) is 0 Å². The maximum atomic E-state index is 12.9. The highest BCUT2D eigenvalue weighted by Gasteiger charge is 2.50. The highest BCUT2D eigenvalue weighted by molar-refractivity contribution is 7.88. The molecule has 0 aliphatic heterocycles. The van der Waals surface area contributed by atoms with Gasteiger partial charge in [-0.15, -0.1) is 0 Å². The molecule has 0 aliphatic rings. The van der Waals surface area contributed by atoms with Crippen molar-refractivity contribution in [2.24, 2.45) is 10.8 Å². The van der Waals surface area contributed by atoms with E-state index in [9.17, 15) is 48.3 Å². The summed E-state index contributed by atoms with van der Waals surface area (Å²) in [5.41, 5.74) is -2.58. The van der Waals surface area contributed by atoms with Gasteiger partial charge in [0.05, 0.1) is 12.2 Å². The van der Waals surface area contributed by atoms with Crippen LogP contribution in [0.15, 0.2) is 72.8 Å². The summed E-state index contributed by atoms with van der Waals surface area (Å²) in [6.07, 6.45) is 5.97. The Balaban J connectivity index is 0.000000412. The third-order valence-electron chi connectivity index (χ3n) is 16.2. The number of alkyl halides is 6. The molecule has 0 heterocycles. The zero-order chi connectivity index (χ0) is 59.3. The zero-order valence-corrected chi connectivity index (χ0v) is 51.8. The minimum Gasteiger partial charge on any atom is -0.413 e. The molecule has 1 N–H and O–H groups in total. The van der Waals surface area contributed by atoms with Gasteiger partial charge in [0, 0.05) is 10.8 Å². The van der Waals surface area contributed by atoms with E-state index in [2.05, 4.69) is 134 Å². The van der Waals surface area contributed by atoms with Crippen LogP contribution in [-0.4, -0.2) is 53.5 Å². The molecule has 0 saturated heterocycles. The molecule has 0 saturated carbocycles. The molecule has 17 heteroatoms. The van der Waals surface area contributed by atoms with Crippen molar-refractivity contribution in [3.63, 3.8) is 0 Å². The van der Waals surface area contributed by atoms with Crippen LogP contribution in [-0.2, 0) is 48.3 Å². The lowest BCUT2D eigenvalue weighted by molar-refractivity contribution is -0.0505. The first-order valence-corrected chi connectivity index (χ1v) is 32.4. The molecular formula is C60H88F6O8S2Si. The molecule has 77 heavy (non-hydrogen) atoms. The first-order valence-electron chi connectivity index (χ1n) is 26.7. The molecule has 2 unspecified atom stereocenters. The van der Waals surface area contributed by atoms with E-state index in [1.165, 1.54) is 30.2 Å². The van der Waals surface area contributed by atoms with Gasteiger partial charge in [0.25, 0.3) is 0 Å². The Hall–Kier alpha value is -3.90. The quantitative estimate of drug-likeness (QED) is 0.0403. The van der Waals surface area contributed by atoms with Gasteiger partial charge in [-0.2, -0.15) is 43.2 Å². The SMILES string of the molecule is CCC(CC)(c1ccc(CCC(O)C(C)(C)C)c(C)c1)c1ccc(OS(=O)(=O)C(F)(F)F)c(C)c1.CCC(CC)(c1ccc(CCC(O[Si](C)(C)C(C)(C)C)C(C)(C)C)c(C)c1)c1ccc(OS(=O)(=O)C(F)(F)F)c(C)c1. The van der Waals surface area contributed by atoms with Gasteiger partial charge in [-0.25, -0.2) is 0 Å². The highest BCUT2D eigenvalue weighted by atomic mass is 32.2. The molecule has 4 aromatic rings. The van der Waals surface area contributed by atoms with E-state index < -0.39 is 56.5 Å². The Morgan fingerprint density at radius 2 is 0.805 bits per heavy atom. The monoisotopic (exact) mass is 1140 g/mol. The smallest absolute Gasteiger partial charge is 0.413 e. The molecule has 4 aromatic carbocycles. The van der Waals surface area contributed by atoms with Crippen molar-refractivity contribution >= 4 is 28.6 Å². The molecule has 4 rings (SSSR count). The lowest BCUT2D eigenvalue weighted by Gasteiger charge is -2.43. The summed E-state index contributed by atoms with van der Waals surface area (Å²) >= 11 is 0. The molecule has 0 radical (unpaired) electrons. The van der Waals surface area contributed by atoms with Gasteiger partial charge in [-0.1, -0.05) is 151 Å². The summed E-state index contributed by atoms with van der Waals surface area (Å²) in [6.45, 7) is 39.7. The molecule has 0 fully saturated rings. The number of benzene rings is 4. The van der Waals surface area contributed by atoms with Crippen LogP contribution in [0, 0.1) is 38.5 Å². The fraction of sp³-hybridized carbons (Fsp3) is 0.600. The van der Waals surface area contributed by atoms with E-state index in [1.807, 2.05) is 27.7 Å². The minimum atomic E-state index is -5.74. The minimum absolute atomic E-state index is 0.0100. The average Bonchev–Trinajstić information content (AvgIpc) is 3.29. The summed E-state index contributed by atoms with van der Waals surface area (Å²) in [5.74, 6) is -0.659. The number of hydrogen-bond donors (Lipinski definition) is 1. The fourth-order valence-electron chi connectivity index (χ4n) is 9.64. The summed E-state index contributed by atoms with van der Waals surface area (Å²) in [4.78, 5) is 0. The van der Waals surface area contributed by atoms with Gasteiger partial charge in [-0.3, -0.25) is 0 Å². The lowest BCUT2D eigenvalue weighted by atomic mass is 9.69. The Kier molecular flexibility index (Phi) is 21.7. The molecule has 0 aliphatic carbocycles. The molecule has 0 amide bonds. The van der Waals surface area contributed by atoms with Crippen LogP contribution in [0.2, 0.25) is 18.1 Å². The van der Waals surface area contributed by atoms with E-state index in [4.69, 9.17) is 4.43 Å². The zero-order valence-electron chi connectivity index (χ0n) is 49.1. The van der Waals surface area contributed by atoms with Crippen LogP contribution in [0.5, 0.6) is 11.5 Å². The summed E-state index contributed by atoms with van der Waals surface area (Å²) in [5, 5.41) is 10.5. The Labute approximate surface area is 459 Å². The lowest BCUT2D eigenvalue weighted by Crippen LogP contribution is -2.47. The standard InChI is InChI=1S/C33H51F3O4SSi.C27H37F3O4S/c1-13-32(14-2,27-18-19-28(24(4)22-27)39-41(37,38)33(34,35)36)26-17-15-25(23(3)21-26)16-20-29(30(5,6)7)40-42(11,12)31(8,9)10;1-8-26(9-2,21-12-10-20(18(3)16-21)11-15-24(31)25(5,6)7)22-13-14-23(19(4)17-22)34-35(32,33)27(28,29)30/h15,17-19,21-22,29H,13-14,16,20H2,1-12H3;10,12-14,16-17,24,31H,8-9,11,15H2,1-7H3. The van der Waals surface area contributed by atoms with Crippen molar-refractivity contribution in [3.8, 4) is 11.5 Å². The van der Waals surface area contributed by atoms with Gasteiger partial charge >= 0.3 is 31.3 Å². The van der Waals surface area contributed by atoms with Gasteiger partial charge in [0.15, 0.2) is 8.32 Å². The van der Waals surface area contributed by atoms with Crippen molar-refractivity contribution in [2.45, 2.75) is 221 Å². The van der Waals surface area contributed by atoms with E-state index in [1.54, 1.807) is 31.2 Å². The third-order valence-corrected chi connectivity index (χ3v) is 22.6.